The minimum absolute atomic E-state index is 0.000654. The lowest BCUT2D eigenvalue weighted by Gasteiger charge is -2.14. The molecule has 0 saturated heterocycles. The first kappa shape index (κ1) is 30.3. The summed E-state index contributed by atoms with van der Waals surface area (Å²) in [5, 5.41) is 12.8. The van der Waals surface area contributed by atoms with Crippen LogP contribution in [-0.2, 0) is 16.1 Å². The average Bonchev–Trinajstić information content (AvgIpc) is 2.90. The lowest BCUT2D eigenvalue weighted by molar-refractivity contribution is 0.0601. The SMILES string of the molecule is COC(=O)c1cc(F)c(NCCCNCCCCNCCCN)cc1NC(=O)OCc1ccc(Cl)cc1. The van der Waals surface area contributed by atoms with Crippen LogP contribution in [0.3, 0.4) is 0 Å². The molecule has 2 rings (SSSR count). The van der Waals surface area contributed by atoms with Gasteiger partial charge in [-0.05, 0) is 88.2 Å². The van der Waals surface area contributed by atoms with Gasteiger partial charge in [-0.1, -0.05) is 23.7 Å². The minimum atomic E-state index is -0.795. The molecular weight excluding hydrogens is 501 g/mol. The van der Waals surface area contributed by atoms with Gasteiger partial charge in [-0.2, -0.15) is 0 Å². The van der Waals surface area contributed by atoms with Gasteiger partial charge >= 0.3 is 12.1 Å². The number of benzene rings is 2. The van der Waals surface area contributed by atoms with Crippen LogP contribution in [0.4, 0.5) is 20.6 Å². The number of anilines is 2. The zero-order valence-electron chi connectivity index (χ0n) is 21.2. The Labute approximate surface area is 222 Å². The third kappa shape index (κ3) is 11.8. The van der Waals surface area contributed by atoms with Gasteiger partial charge in [-0.25, -0.2) is 14.0 Å². The summed E-state index contributed by atoms with van der Waals surface area (Å²) in [6, 6.07) is 9.22. The molecule has 0 spiro atoms. The number of carbonyl (C=O) groups excluding carboxylic acids is 2. The van der Waals surface area contributed by atoms with Crippen molar-refractivity contribution in [1.82, 2.24) is 10.6 Å². The second-order valence-corrected chi connectivity index (χ2v) is 8.76. The number of unbranched alkanes of at least 4 members (excludes halogenated alkanes) is 1. The van der Waals surface area contributed by atoms with Crippen LogP contribution in [0.25, 0.3) is 0 Å². The first-order valence-corrected chi connectivity index (χ1v) is 12.8. The van der Waals surface area contributed by atoms with E-state index in [9.17, 15) is 14.0 Å². The summed E-state index contributed by atoms with van der Waals surface area (Å²) >= 11 is 5.86. The Balaban J connectivity index is 1.81. The number of methoxy groups -OCH3 is 1. The zero-order chi connectivity index (χ0) is 26.9. The highest BCUT2D eigenvalue weighted by atomic mass is 35.5. The Hall–Kier alpha value is -2.92. The highest BCUT2D eigenvalue weighted by molar-refractivity contribution is 6.30. The van der Waals surface area contributed by atoms with E-state index in [1.807, 2.05) is 0 Å². The van der Waals surface area contributed by atoms with E-state index >= 15 is 0 Å². The Morgan fingerprint density at radius 2 is 1.57 bits per heavy atom. The molecule has 0 bridgehead atoms. The van der Waals surface area contributed by atoms with Crippen molar-refractivity contribution in [3.05, 3.63) is 58.4 Å². The quantitative estimate of drug-likeness (QED) is 0.151. The van der Waals surface area contributed by atoms with Crippen LogP contribution in [0.1, 0.15) is 41.6 Å². The van der Waals surface area contributed by atoms with Crippen molar-refractivity contribution in [3.63, 3.8) is 0 Å². The molecule has 0 heterocycles. The molecule has 0 unspecified atom stereocenters. The average molecular weight is 538 g/mol. The van der Waals surface area contributed by atoms with E-state index in [4.69, 9.17) is 26.8 Å². The smallest absolute Gasteiger partial charge is 0.411 e. The molecular formula is C26H37ClFN5O4. The van der Waals surface area contributed by atoms with E-state index < -0.39 is 17.9 Å². The molecule has 0 radical (unpaired) electrons. The molecule has 0 fully saturated rings. The van der Waals surface area contributed by atoms with Crippen LogP contribution >= 0.6 is 11.6 Å². The van der Waals surface area contributed by atoms with Crippen molar-refractivity contribution in [3.8, 4) is 0 Å². The fourth-order valence-electron chi connectivity index (χ4n) is 3.38. The normalized spacial score (nSPS) is 10.7. The number of nitrogens with two attached hydrogens (primary N) is 1. The van der Waals surface area contributed by atoms with Crippen molar-refractivity contribution in [2.45, 2.75) is 32.3 Å². The molecule has 2 aromatic rings. The van der Waals surface area contributed by atoms with Crippen LogP contribution in [0.5, 0.6) is 0 Å². The molecule has 0 atom stereocenters. The maximum atomic E-state index is 14.6. The van der Waals surface area contributed by atoms with Gasteiger partial charge in [-0.3, -0.25) is 5.32 Å². The number of rotatable bonds is 17. The number of nitrogens with one attached hydrogen (secondary N) is 4. The standard InChI is InChI=1S/C26H37ClFN5O4/c1-36-25(34)21-16-22(28)24(32-15-5-14-31-12-3-2-11-30-13-4-10-29)17-23(21)33-26(35)37-18-19-6-8-20(27)9-7-19/h6-9,16-17,30-32H,2-5,10-15,18,29H2,1H3,(H,33,35). The molecule has 0 saturated carbocycles. The summed E-state index contributed by atoms with van der Waals surface area (Å²) < 4.78 is 24.6. The van der Waals surface area contributed by atoms with Crippen LogP contribution in [0, 0.1) is 5.82 Å². The monoisotopic (exact) mass is 537 g/mol. The first-order chi connectivity index (χ1) is 17.9. The number of esters is 1. The van der Waals surface area contributed by atoms with Gasteiger partial charge in [0.1, 0.15) is 12.4 Å². The molecule has 204 valence electrons. The van der Waals surface area contributed by atoms with E-state index in [1.54, 1.807) is 24.3 Å². The third-order valence-corrected chi connectivity index (χ3v) is 5.64. The summed E-state index contributed by atoms with van der Waals surface area (Å²) in [7, 11) is 1.18. The van der Waals surface area contributed by atoms with Gasteiger partial charge in [0, 0.05) is 11.6 Å². The molecule has 6 N–H and O–H groups in total. The minimum Gasteiger partial charge on any atom is -0.465 e. The zero-order valence-corrected chi connectivity index (χ0v) is 22.0. The van der Waals surface area contributed by atoms with Gasteiger partial charge in [0.25, 0.3) is 0 Å². The van der Waals surface area contributed by atoms with E-state index in [-0.39, 0.29) is 23.5 Å². The van der Waals surface area contributed by atoms with Crippen molar-refractivity contribution < 1.29 is 23.5 Å². The summed E-state index contributed by atoms with van der Waals surface area (Å²) in [5.74, 6) is -1.41. The molecule has 9 nitrogen and oxygen atoms in total. The molecule has 1 amide bonds. The largest absolute Gasteiger partial charge is 0.465 e. The predicted molar refractivity (Wildman–Crippen MR) is 145 cm³/mol. The van der Waals surface area contributed by atoms with Gasteiger partial charge < -0.3 is 31.2 Å². The van der Waals surface area contributed by atoms with Gasteiger partial charge in [-0.15, -0.1) is 0 Å². The van der Waals surface area contributed by atoms with E-state index in [2.05, 4.69) is 21.3 Å². The Kier molecular flexibility index (Phi) is 14.4. The lowest BCUT2D eigenvalue weighted by Crippen LogP contribution is -2.22. The molecule has 11 heteroatoms. The number of ether oxygens (including phenoxy) is 2. The number of carbonyl (C=O) groups is 2. The Morgan fingerprint density at radius 3 is 2.22 bits per heavy atom. The topological polar surface area (TPSA) is 127 Å². The molecule has 37 heavy (non-hydrogen) atoms. The van der Waals surface area contributed by atoms with Gasteiger partial charge in [0.05, 0.1) is 24.0 Å². The molecule has 2 aromatic carbocycles. The molecule has 0 aliphatic rings. The summed E-state index contributed by atoms with van der Waals surface area (Å²) in [5.41, 5.74) is 6.31. The second kappa shape index (κ2) is 17.5. The van der Waals surface area contributed by atoms with E-state index in [1.165, 1.54) is 13.2 Å². The maximum absolute atomic E-state index is 14.6. The summed E-state index contributed by atoms with van der Waals surface area (Å²) in [6.07, 6.45) is 3.11. The Morgan fingerprint density at radius 1 is 0.919 bits per heavy atom. The fourth-order valence-corrected chi connectivity index (χ4v) is 3.51. The lowest BCUT2D eigenvalue weighted by atomic mass is 10.1. The summed E-state index contributed by atoms with van der Waals surface area (Å²) in [4.78, 5) is 24.5. The van der Waals surface area contributed by atoms with Gasteiger partial charge in [0.2, 0.25) is 0 Å². The van der Waals surface area contributed by atoms with Crippen molar-refractivity contribution in [2.75, 3.05) is 57.0 Å². The Bertz CT molecular complexity index is 978. The highest BCUT2D eigenvalue weighted by Gasteiger charge is 2.19. The third-order valence-electron chi connectivity index (χ3n) is 5.39. The van der Waals surface area contributed by atoms with Crippen molar-refractivity contribution in [2.24, 2.45) is 5.73 Å². The van der Waals surface area contributed by atoms with E-state index in [0.29, 0.717) is 18.1 Å². The fraction of sp³-hybridized carbons (Fsp3) is 0.462. The van der Waals surface area contributed by atoms with Crippen LogP contribution in [0.2, 0.25) is 5.02 Å². The van der Waals surface area contributed by atoms with Crippen molar-refractivity contribution >= 4 is 35.0 Å². The van der Waals surface area contributed by atoms with Gasteiger partial charge in [0.15, 0.2) is 0 Å². The van der Waals surface area contributed by atoms with Crippen molar-refractivity contribution in [1.29, 1.82) is 0 Å². The predicted octanol–water partition coefficient (Wildman–Crippen LogP) is 4.12. The van der Waals surface area contributed by atoms with Crippen LogP contribution in [-0.4, -0.2) is 58.4 Å². The number of halogens is 2. The van der Waals surface area contributed by atoms with Crippen LogP contribution in [0.15, 0.2) is 36.4 Å². The molecule has 0 aliphatic heterocycles. The number of hydrogen-bond acceptors (Lipinski definition) is 8. The number of amides is 1. The maximum Gasteiger partial charge on any atom is 0.411 e. The molecule has 0 aliphatic carbocycles. The highest BCUT2D eigenvalue weighted by Crippen LogP contribution is 2.26. The van der Waals surface area contributed by atoms with E-state index in [0.717, 1.165) is 63.5 Å². The molecule has 0 aromatic heterocycles. The second-order valence-electron chi connectivity index (χ2n) is 8.33. The summed E-state index contributed by atoms with van der Waals surface area (Å²) in [6.45, 7) is 4.83. The first-order valence-electron chi connectivity index (χ1n) is 12.4. The van der Waals surface area contributed by atoms with Crippen LogP contribution < -0.4 is 27.0 Å². The number of hydrogen-bond donors (Lipinski definition) is 5.